The zero-order chi connectivity index (χ0) is 24.3. The highest BCUT2D eigenvalue weighted by molar-refractivity contribution is 7.89. The molecule has 0 bridgehead atoms. The Labute approximate surface area is 196 Å². The number of fused-ring (bicyclic) bond motifs is 2. The molecule has 0 saturated heterocycles. The van der Waals surface area contributed by atoms with Crippen LogP contribution in [0, 0.1) is 5.92 Å². The van der Waals surface area contributed by atoms with E-state index in [1.807, 2.05) is 6.07 Å². The van der Waals surface area contributed by atoms with Crippen LogP contribution in [-0.4, -0.2) is 43.7 Å². The van der Waals surface area contributed by atoms with Crippen LogP contribution in [0.25, 0.3) is 10.8 Å². The Bertz CT molecular complexity index is 1280. The maximum absolute atomic E-state index is 13.5. The third-order valence-electron chi connectivity index (χ3n) is 6.86. The highest BCUT2D eigenvalue weighted by Gasteiger charge is 2.47. The van der Waals surface area contributed by atoms with Crippen LogP contribution in [0.4, 0.5) is 8.78 Å². The smallest absolute Gasteiger partial charge is 0.313 e. The average molecular weight is 493 g/mol. The van der Waals surface area contributed by atoms with E-state index in [4.69, 9.17) is 4.74 Å². The maximum atomic E-state index is 13.5. The van der Waals surface area contributed by atoms with Gasteiger partial charge in [0.15, 0.2) is 0 Å². The van der Waals surface area contributed by atoms with Gasteiger partial charge in [-0.2, -0.15) is 0 Å². The number of rotatable bonds is 8. The number of halogens is 2. The van der Waals surface area contributed by atoms with Gasteiger partial charge in [-0.15, -0.1) is 0 Å². The van der Waals surface area contributed by atoms with Gasteiger partial charge < -0.3 is 4.74 Å². The molecule has 182 valence electrons. The number of nitrogens with one attached hydrogen (secondary N) is 1. The minimum absolute atomic E-state index is 0.0472. The van der Waals surface area contributed by atoms with Gasteiger partial charge in [0, 0.05) is 53.4 Å². The molecule has 2 fully saturated rings. The molecule has 3 aliphatic carbocycles. The topological polar surface area (TPSA) is 102 Å². The third-order valence-corrected chi connectivity index (χ3v) is 8.51. The summed E-state index contributed by atoms with van der Waals surface area (Å²) >= 11 is 0. The van der Waals surface area contributed by atoms with E-state index >= 15 is 0 Å². The van der Waals surface area contributed by atoms with Crippen LogP contribution in [0.2, 0.25) is 0 Å². The molecule has 2 saturated carbocycles. The summed E-state index contributed by atoms with van der Waals surface area (Å²) in [4.78, 5) is 29.1. The lowest BCUT2D eigenvalue weighted by Crippen LogP contribution is -2.50. The Hall–Kier alpha value is -2.46. The van der Waals surface area contributed by atoms with Gasteiger partial charge in [0.05, 0.1) is 11.5 Å². The first-order valence-electron chi connectivity index (χ1n) is 11.6. The second kappa shape index (κ2) is 8.34. The molecule has 34 heavy (non-hydrogen) atoms. The van der Waals surface area contributed by atoms with Crippen LogP contribution in [-0.2, 0) is 37.2 Å². The number of carbonyl (C=O) groups is 2. The van der Waals surface area contributed by atoms with E-state index in [-0.39, 0.29) is 30.1 Å². The minimum Gasteiger partial charge on any atom is -0.466 e. The highest BCUT2D eigenvalue weighted by Crippen LogP contribution is 2.43. The first kappa shape index (κ1) is 23.3. The molecule has 1 heterocycles. The van der Waals surface area contributed by atoms with Crippen LogP contribution in [0.3, 0.4) is 0 Å². The quantitative estimate of drug-likeness (QED) is 0.448. The van der Waals surface area contributed by atoms with Gasteiger partial charge in [-0.05, 0) is 55.9 Å². The molecule has 1 unspecified atom stereocenters. The van der Waals surface area contributed by atoms with Crippen molar-refractivity contribution in [3.63, 3.8) is 0 Å². The summed E-state index contributed by atoms with van der Waals surface area (Å²) in [6.45, 7) is 1.83. The Balaban J connectivity index is 1.53. The Morgan fingerprint density at radius 3 is 2.59 bits per heavy atom. The van der Waals surface area contributed by atoms with Crippen LogP contribution in [0.15, 0.2) is 23.2 Å². The summed E-state index contributed by atoms with van der Waals surface area (Å²) in [6, 6.07) is 2.80. The van der Waals surface area contributed by atoms with Crippen LogP contribution in [0.5, 0.6) is 0 Å². The molecular formula is C24H26F2N2O5S. The van der Waals surface area contributed by atoms with Gasteiger partial charge >= 0.3 is 5.97 Å². The third kappa shape index (κ3) is 4.45. The molecule has 0 aliphatic heterocycles. The largest absolute Gasteiger partial charge is 0.466 e. The number of Topliss-reactive ketones (excluding diaryl/α,β-unsaturated/α-hetero) is 1. The van der Waals surface area contributed by atoms with Crippen molar-refractivity contribution in [2.75, 3.05) is 6.61 Å². The molecule has 1 aromatic heterocycles. The molecule has 10 heteroatoms. The number of nitrogens with zero attached hydrogens (tertiary/aromatic N) is 1. The van der Waals surface area contributed by atoms with Crippen molar-refractivity contribution in [2.45, 2.75) is 74.6 Å². The number of sulfonamides is 1. The van der Waals surface area contributed by atoms with Crippen molar-refractivity contribution in [3.8, 4) is 0 Å². The molecular weight excluding hydrogens is 466 g/mol. The predicted molar refractivity (Wildman–Crippen MR) is 119 cm³/mol. The van der Waals surface area contributed by atoms with E-state index in [2.05, 4.69) is 9.71 Å². The monoisotopic (exact) mass is 492 g/mol. The number of ketones is 1. The first-order valence-corrected chi connectivity index (χ1v) is 13.1. The van der Waals surface area contributed by atoms with Crippen molar-refractivity contribution in [1.29, 1.82) is 0 Å². The average Bonchev–Trinajstić information content (AvgIpc) is 3.49. The Kier molecular flexibility index (Phi) is 5.71. The van der Waals surface area contributed by atoms with E-state index < -0.39 is 46.7 Å². The molecule has 5 rings (SSSR count). The highest BCUT2D eigenvalue weighted by atomic mass is 32.2. The molecule has 1 N–H and O–H groups in total. The second-order valence-electron chi connectivity index (χ2n) is 9.58. The van der Waals surface area contributed by atoms with Gasteiger partial charge in [0.25, 0.3) is 5.92 Å². The number of hydrogen-bond acceptors (Lipinski definition) is 6. The number of esters is 1. The number of carbonyl (C=O) groups excluding carboxylic acids is 2. The molecule has 1 aromatic carbocycles. The molecule has 0 spiro atoms. The molecule has 2 aromatic rings. The van der Waals surface area contributed by atoms with E-state index in [1.165, 1.54) is 0 Å². The van der Waals surface area contributed by atoms with Crippen molar-refractivity contribution in [3.05, 3.63) is 35.2 Å². The second-order valence-corrected chi connectivity index (χ2v) is 11.2. The Morgan fingerprint density at radius 1 is 1.21 bits per heavy atom. The van der Waals surface area contributed by atoms with Crippen molar-refractivity contribution in [1.82, 2.24) is 9.71 Å². The van der Waals surface area contributed by atoms with E-state index in [0.29, 0.717) is 34.2 Å². The number of ether oxygens (including phenoxy) is 1. The summed E-state index contributed by atoms with van der Waals surface area (Å²) in [6.07, 6.45) is 2.67. The fourth-order valence-corrected chi connectivity index (χ4v) is 6.75. The summed E-state index contributed by atoms with van der Waals surface area (Å²) in [5.41, 5.74) is 2.03. The van der Waals surface area contributed by atoms with Crippen molar-refractivity contribution >= 4 is 32.5 Å². The van der Waals surface area contributed by atoms with E-state index in [1.54, 1.807) is 19.2 Å². The predicted octanol–water partition coefficient (Wildman–Crippen LogP) is 3.43. The lowest BCUT2D eigenvalue weighted by Gasteiger charge is -2.35. The fraction of sp³-hybridized carbons (Fsp3) is 0.542. The molecule has 0 amide bonds. The van der Waals surface area contributed by atoms with E-state index in [0.717, 1.165) is 18.5 Å². The number of benzene rings is 1. The summed E-state index contributed by atoms with van der Waals surface area (Å²) < 4.78 is 61.1. The van der Waals surface area contributed by atoms with Gasteiger partial charge in [-0.3, -0.25) is 14.6 Å². The SMILES string of the molecule is CCOC(=O)CC(=O)C1Cc2cc3cnc(C4CC4)cc3c(S(=O)(=O)NC3CC(F)(F)C3)c2C1. The molecule has 0 radical (unpaired) electrons. The van der Waals surface area contributed by atoms with Crippen LogP contribution < -0.4 is 4.72 Å². The van der Waals surface area contributed by atoms with E-state index in [9.17, 15) is 26.8 Å². The molecule has 7 nitrogen and oxygen atoms in total. The zero-order valence-electron chi connectivity index (χ0n) is 18.8. The van der Waals surface area contributed by atoms with Gasteiger partial charge in [0.1, 0.15) is 12.2 Å². The van der Waals surface area contributed by atoms with Gasteiger partial charge in [-0.25, -0.2) is 21.9 Å². The standard InChI is InChI=1S/C24H26F2N2O5S/c1-2-33-22(30)9-21(29)15-5-14-6-16-12-27-20(13-3-4-13)8-19(16)23(18(14)7-15)34(31,32)28-17-10-24(25,26)11-17/h6,8,12-13,15,17,28H,2-5,7,9-11H2,1H3. The Morgan fingerprint density at radius 2 is 1.94 bits per heavy atom. The lowest BCUT2D eigenvalue weighted by molar-refractivity contribution is -0.146. The summed E-state index contributed by atoms with van der Waals surface area (Å²) in [5.74, 6) is -4.01. The van der Waals surface area contributed by atoms with Crippen LogP contribution in [0.1, 0.15) is 61.8 Å². The minimum atomic E-state index is -4.14. The lowest BCUT2D eigenvalue weighted by atomic mass is 9.89. The maximum Gasteiger partial charge on any atom is 0.313 e. The summed E-state index contributed by atoms with van der Waals surface area (Å²) in [5, 5.41) is 1.12. The van der Waals surface area contributed by atoms with Crippen LogP contribution >= 0.6 is 0 Å². The number of hydrogen-bond donors (Lipinski definition) is 1. The molecule has 3 aliphatic rings. The molecule has 1 atom stereocenters. The van der Waals surface area contributed by atoms with Crippen molar-refractivity contribution < 1.29 is 31.5 Å². The number of aromatic nitrogens is 1. The normalized spacial score (nSPS) is 21.8. The fourth-order valence-electron chi connectivity index (χ4n) is 5.03. The van der Waals surface area contributed by atoms with Crippen molar-refractivity contribution in [2.24, 2.45) is 5.92 Å². The van der Waals surface area contributed by atoms with Gasteiger partial charge in [0.2, 0.25) is 10.0 Å². The van der Waals surface area contributed by atoms with Gasteiger partial charge in [-0.1, -0.05) is 0 Å². The number of pyridine rings is 1. The first-order chi connectivity index (χ1) is 16.1. The summed E-state index contributed by atoms with van der Waals surface area (Å²) in [7, 11) is -4.14. The zero-order valence-corrected chi connectivity index (χ0v) is 19.6. The number of alkyl halides is 2.